The zero-order valence-electron chi connectivity index (χ0n) is 16.0. The maximum Gasteiger partial charge on any atom is 0.324 e. The van der Waals surface area contributed by atoms with Gasteiger partial charge >= 0.3 is 5.00 Å². The van der Waals surface area contributed by atoms with Crippen LogP contribution < -0.4 is 9.64 Å². The molecule has 2 aromatic heterocycles. The summed E-state index contributed by atoms with van der Waals surface area (Å²) in [5.41, 5.74) is 1.63. The molecule has 0 saturated carbocycles. The van der Waals surface area contributed by atoms with E-state index < -0.39 is 4.92 Å². The highest BCUT2D eigenvalue weighted by Gasteiger charge is 2.25. The molecule has 0 N–H and O–H groups in total. The van der Waals surface area contributed by atoms with E-state index in [4.69, 9.17) is 4.74 Å². The molecule has 0 unspecified atom stereocenters. The molecular formula is C21H17N3O4S2. The van der Waals surface area contributed by atoms with Gasteiger partial charge in [0.05, 0.1) is 27.7 Å². The number of carbonyl (C=O) groups is 1. The van der Waals surface area contributed by atoms with E-state index >= 15 is 0 Å². The van der Waals surface area contributed by atoms with Crippen molar-refractivity contribution in [3.8, 4) is 5.75 Å². The second-order valence-corrected chi connectivity index (χ2v) is 8.38. The lowest BCUT2D eigenvalue weighted by atomic mass is 10.2. The Labute approximate surface area is 180 Å². The maximum absolute atomic E-state index is 13.3. The molecule has 0 spiro atoms. The largest absolute Gasteiger partial charge is 0.492 e. The Kier molecular flexibility index (Phi) is 5.73. The SMILES string of the molecule is CCOc1cccc2sc(N(Cc3ccccc3)C(=O)c3ccc([N+](=O)[O-])s3)nc12. The minimum atomic E-state index is -0.491. The summed E-state index contributed by atoms with van der Waals surface area (Å²) >= 11 is 2.25. The van der Waals surface area contributed by atoms with Crippen LogP contribution in [0.2, 0.25) is 0 Å². The van der Waals surface area contributed by atoms with Gasteiger partial charge in [-0.1, -0.05) is 59.1 Å². The standard InChI is InChI=1S/C21H17N3O4S2/c1-2-28-15-9-6-10-16-19(15)22-21(30-16)23(13-14-7-4-3-5-8-14)20(25)17-11-12-18(29-17)24(26)27/h3-12H,2,13H2,1H3. The molecule has 0 radical (unpaired) electrons. The fourth-order valence-electron chi connectivity index (χ4n) is 2.97. The number of benzene rings is 2. The van der Waals surface area contributed by atoms with Crippen molar-refractivity contribution in [3.63, 3.8) is 0 Å². The number of nitro groups is 1. The first kappa shape index (κ1) is 20.0. The van der Waals surface area contributed by atoms with E-state index in [-0.39, 0.29) is 10.9 Å². The van der Waals surface area contributed by atoms with Gasteiger partial charge in [0.25, 0.3) is 5.91 Å². The molecule has 0 aliphatic carbocycles. The van der Waals surface area contributed by atoms with Crippen molar-refractivity contribution in [2.75, 3.05) is 11.5 Å². The normalized spacial score (nSPS) is 10.8. The van der Waals surface area contributed by atoms with Gasteiger partial charge in [0.2, 0.25) is 0 Å². The van der Waals surface area contributed by atoms with Crippen LogP contribution in [0.1, 0.15) is 22.2 Å². The van der Waals surface area contributed by atoms with Gasteiger partial charge in [-0.25, -0.2) is 4.98 Å². The number of hydrogen-bond donors (Lipinski definition) is 0. The molecule has 4 rings (SSSR count). The van der Waals surface area contributed by atoms with E-state index in [0.29, 0.717) is 34.4 Å². The van der Waals surface area contributed by atoms with Crippen molar-refractivity contribution in [2.45, 2.75) is 13.5 Å². The summed E-state index contributed by atoms with van der Waals surface area (Å²) in [6.07, 6.45) is 0. The number of anilines is 1. The predicted molar refractivity (Wildman–Crippen MR) is 119 cm³/mol. The molecule has 4 aromatic rings. The molecule has 2 heterocycles. The molecule has 30 heavy (non-hydrogen) atoms. The number of fused-ring (bicyclic) bond motifs is 1. The third-order valence-electron chi connectivity index (χ3n) is 4.31. The van der Waals surface area contributed by atoms with Crippen molar-refractivity contribution >= 4 is 48.9 Å². The third-order valence-corrected chi connectivity index (χ3v) is 6.38. The average molecular weight is 440 g/mol. The topological polar surface area (TPSA) is 85.6 Å². The summed E-state index contributed by atoms with van der Waals surface area (Å²) in [6.45, 7) is 2.72. The van der Waals surface area contributed by atoms with Crippen molar-refractivity contribution in [3.05, 3.63) is 81.2 Å². The smallest absolute Gasteiger partial charge is 0.324 e. The highest BCUT2D eigenvalue weighted by atomic mass is 32.1. The predicted octanol–water partition coefficient (Wildman–Crippen LogP) is 5.51. The summed E-state index contributed by atoms with van der Waals surface area (Å²) < 4.78 is 6.57. The number of nitrogens with zero attached hydrogens (tertiary/aromatic N) is 3. The number of carbonyl (C=O) groups excluding carboxylic acids is 1. The van der Waals surface area contributed by atoms with E-state index in [1.54, 1.807) is 4.90 Å². The van der Waals surface area contributed by atoms with E-state index in [1.165, 1.54) is 23.5 Å². The van der Waals surface area contributed by atoms with Gasteiger partial charge < -0.3 is 4.74 Å². The zero-order chi connectivity index (χ0) is 21.1. The molecule has 0 atom stereocenters. The summed E-state index contributed by atoms with van der Waals surface area (Å²) in [6, 6.07) is 18.1. The molecule has 0 aliphatic rings. The number of hydrogen-bond acceptors (Lipinski definition) is 7. The molecule has 0 saturated heterocycles. The van der Waals surface area contributed by atoms with Gasteiger partial charge in [-0.15, -0.1) is 0 Å². The Hall–Kier alpha value is -3.30. The first-order valence-electron chi connectivity index (χ1n) is 9.19. The number of thiazole rings is 1. The Morgan fingerprint density at radius 3 is 2.60 bits per heavy atom. The highest BCUT2D eigenvalue weighted by Crippen LogP contribution is 2.36. The summed E-state index contributed by atoms with van der Waals surface area (Å²) in [5.74, 6) is 0.338. The van der Waals surface area contributed by atoms with Crippen molar-refractivity contribution < 1.29 is 14.5 Å². The Morgan fingerprint density at radius 2 is 1.90 bits per heavy atom. The molecule has 9 heteroatoms. The van der Waals surface area contributed by atoms with Gasteiger partial charge in [0.15, 0.2) is 5.13 Å². The fraction of sp³-hybridized carbons (Fsp3) is 0.143. The molecule has 152 valence electrons. The Morgan fingerprint density at radius 1 is 1.10 bits per heavy atom. The van der Waals surface area contributed by atoms with E-state index in [1.807, 2.05) is 55.5 Å². The average Bonchev–Trinajstić information content (AvgIpc) is 3.40. The van der Waals surface area contributed by atoms with Crippen LogP contribution in [0.15, 0.2) is 60.7 Å². The summed E-state index contributed by atoms with van der Waals surface area (Å²) in [5, 5.41) is 11.5. The van der Waals surface area contributed by atoms with E-state index in [2.05, 4.69) is 4.98 Å². The molecule has 0 aliphatic heterocycles. The fourth-order valence-corrected chi connectivity index (χ4v) is 4.72. The quantitative estimate of drug-likeness (QED) is 0.280. The number of amides is 1. The van der Waals surface area contributed by atoms with Crippen LogP contribution in [-0.4, -0.2) is 22.4 Å². The minimum Gasteiger partial charge on any atom is -0.492 e. The second kappa shape index (κ2) is 8.60. The molecule has 2 aromatic carbocycles. The van der Waals surface area contributed by atoms with E-state index in [9.17, 15) is 14.9 Å². The minimum absolute atomic E-state index is 0.0686. The number of aromatic nitrogens is 1. The van der Waals surface area contributed by atoms with Crippen molar-refractivity contribution in [1.82, 2.24) is 4.98 Å². The van der Waals surface area contributed by atoms with Crippen LogP contribution in [0.5, 0.6) is 5.75 Å². The van der Waals surface area contributed by atoms with E-state index in [0.717, 1.165) is 21.6 Å². The Bertz CT molecular complexity index is 1200. The van der Waals surface area contributed by atoms with Crippen molar-refractivity contribution in [1.29, 1.82) is 0 Å². The lowest BCUT2D eigenvalue weighted by Gasteiger charge is -2.19. The number of para-hydroxylation sites is 1. The van der Waals surface area contributed by atoms with Gasteiger partial charge in [-0.2, -0.15) is 0 Å². The van der Waals surface area contributed by atoms with Crippen LogP contribution in [0.4, 0.5) is 10.1 Å². The van der Waals surface area contributed by atoms with Crippen LogP contribution >= 0.6 is 22.7 Å². The van der Waals surface area contributed by atoms with Gasteiger partial charge in [0, 0.05) is 6.07 Å². The first-order chi connectivity index (χ1) is 14.6. The van der Waals surface area contributed by atoms with Crippen LogP contribution in [0.3, 0.4) is 0 Å². The second-order valence-electron chi connectivity index (χ2n) is 6.30. The molecule has 0 fully saturated rings. The number of rotatable bonds is 7. The monoisotopic (exact) mass is 439 g/mol. The first-order valence-corrected chi connectivity index (χ1v) is 10.8. The molecule has 0 bridgehead atoms. The number of thiophene rings is 1. The maximum atomic E-state index is 13.3. The zero-order valence-corrected chi connectivity index (χ0v) is 17.6. The lowest BCUT2D eigenvalue weighted by Crippen LogP contribution is -2.29. The lowest BCUT2D eigenvalue weighted by molar-refractivity contribution is -0.380. The van der Waals surface area contributed by atoms with Crippen molar-refractivity contribution in [2.24, 2.45) is 0 Å². The highest BCUT2D eigenvalue weighted by molar-refractivity contribution is 7.22. The van der Waals surface area contributed by atoms with Crippen LogP contribution in [0, 0.1) is 10.1 Å². The van der Waals surface area contributed by atoms with Crippen LogP contribution in [0.25, 0.3) is 10.2 Å². The molecule has 1 amide bonds. The summed E-state index contributed by atoms with van der Waals surface area (Å²) in [4.78, 5) is 30.4. The summed E-state index contributed by atoms with van der Waals surface area (Å²) in [7, 11) is 0. The molecule has 7 nitrogen and oxygen atoms in total. The van der Waals surface area contributed by atoms with Gasteiger partial charge in [-0.3, -0.25) is 19.8 Å². The van der Waals surface area contributed by atoms with Gasteiger partial charge in [0.1, 0.15) is 11.3 Å². The van der Waals surface area contributed by atoms with Gasteiger partial charge in [-0.05, 0) is 30.7 Å². The number of ether oxygens (including phenoxy) is 1. The Balaban J connectivity index is 1.76. The van der Waals surface area contributed by atoms with Crippen LogP contribution in [-0.2, 0) is 6.54 Å². The molecular weight excluding hydrogens is 422 g/mol. The third kappa shape index (κ3) is 4.03.